The summed E-state index contributed by atoms with van der Waals surface area (Å²) < 4.78 is 5.62. The third-order valence-electron chi connectivity index (χ3n) is 5.33. The topological polar surface area (TPSA) is 113 Å². The number of hydrogen-bond acceptors (Lipinski definition) is 7. The quantitative estimate of drug-likeness (QED) is 0.204. The van der Waals surface area contributed by atoms with Crippen LogP contribution < -0.4 is 4.74 Å². The molecule has 9 heteroatoms. The van der Waals surface area contributed by atoms with Crippen LogP contribution >= 0.6 is 0 Å². The van der Waals surface area contributed by atoms with Crippen LogP contribution in [-0.4, -0.2) is 65.3 Å². The number of carbonyl (C=O) groups excluding carboxylic acids is 2. The third-order valence-corrected chi connectivity index (χ3v) is 5.33. The van der Waals surface area contributed by atoms with Crippen molar-refractivity contribution < 1.29 is 24.4 Å². The number of ketones is 1. The summed E-state index contributed by atoms with van der Waals surface area (Å²) in [5.74, 6) is -1.30. The number of Topliss-reactive ketones (excluding diaryl/α,β-unsaturated/α-hetero) is 1. The van der Waals surface area contributed by atoms with Crippen LogP contribution in [0.25, 0.3) is 5.76 Å². The van der Waals surface area contributed by atoms with E-state index >= 15 is 0 Å². The first-order valence-corrected chi connectivity index (χ1v) is 10.6. The number of nitrogens with zero attached hydrogens (tertiary/aromatic N) is 3. The maximum atomic E-state index is 13.0. The van der Waals surface area contributed by atoms with E-state index in [0.717, 1.165) is 6.42 Å². The molecule has 1 unspecified atom stereocenters. The molecule has 1 atom stereocenters. The lowest BCUT2D eigenvalue weighted by atomic mass is 9.95. The van der Waals surface area contributed by atoms with Crippen molar-refractivity contribution in [1.29, 1.82) is 0 Å². The first kappa shape index (κ1) is 23.9. The maximum Gasteiger partial charge on any atom is 0.295 e. The molecule has 1 aliphatic rings. The molecular formula is C24H27N3O6. The Morgan fingerprint density at radius 3 is 2.48 bits per heavy atom. The van der Waals surface area contributed by atoms with Gasteiger partial charge < -0.3 is 19.6 Å². The van der Waals surface area contributed by atoms with Gasteiger partial charge >= 0.3 is 0 Å². The number of aliphatic hydroxyl groups excluding tert-OH is 1. The number of ether oxygens (including phenoxy) is 1. The van der Waals surface area contributed by atoms with Gasteiger partial charge in [0.05, 0.1) is 23.1 Å². The molecule has 2 aromatic carbocycles. The number of benzene rings is 2. The van der Waals surface area contributed by atoms with Crippen LogP contribution in [0, 0.1) is 10.1 Å². The molecule has 0 saturated carbocycles. The average molecular weight is 453 g/mol. The van der Waals surface area contributed by atoms with Crippen molar-refractivity contribution >= 4 is 23.1 Å². The minimum Gasteiger partial charge on any atom is -0.507 e. The van der Waals surface area contributed by atoms with E-state index in [9.17, 15) is 24.8 Å². The second-order valence-corrected chi connectivity index (χ2v) is 8.02. The molecule has 3 rings (SSSR count). The van der Waals surface area contributed by atoms with Gasteiger partial charge in [0, 0.05) is 30.8 Å². The predicted octanol–water partition coefficient (Wildman–Crippen LogP) is 3.37. The summed E-state index contributed by atoms with van der Waals surface area (Å²) in [5, 5.41) is 22.2. The Balaban J connectivity index is 2.10. The van der Waals surface area contributed by atoms with Crippen LogP contribution in [0.4, 0.5) is 5.69 Å². The molecule has 0 bridgehead atoms. The molecule has 1 N–H and O–H groups in total. The zero-order chi connectivity index (χ0) is 24.1. The van der Waals surface area contributed by atoms with Gasteiger partial charge in [0.1, 0.15) is 11.5 Å². The molecule has 1 fully saturated rings. The second kappa shape index (κ2) is 10.3. The summed E-state index contributed by atoms with van der Waals surface area (Å²) in [6.07, 6.45) is 0.813. The van der Waals surface area contributed by atoms with Gasteiger partial charge in [-0.05, 0) is 50.3 Å². The SMILES string of the molecule is CCCOc1cccc(/C(O)=C2\C(=O)C(=O)N(CCN(C)C)C2c2ccc([N+](=O)[O-])cc2)c1. The average Bonchev–Trinajstić information content (AvgIpc) is 3.05. The number of aliphatic hydroxyl groups is 1. The second-order valence-electron chi connectivity index (χ2n) is 8.02. The summed E-state index contributed by atoms with van der Waals surface area (Å²) in [4.78, 5) is 39.8. The molecule has 1 aliphatic heterocycles. The zero-order valence-electron chi connectivity index (χ0n) is 18.9. The Hall–Kier alpha value is -3.72. The smallest absolute Gasteiger partial charge is 0.295 e. The fourth-order valence-electron chi connectivity index (χ4n) is 3.65. The highest BCUT2D eigenvalue weighted by atomic mass is 16.6. The fraction of sp³-hybridized carbons (Fsp3) is 0.333. The van der Waals surface area contributed by atoms with Crippen LogP contribution in [0.2, 0.25) is 0 Å². The van der Waals surface area contributed by atoms with Gasteiger partial charge in [-0.1, -0.05) is 19.1 Å². The predicted molar refractivity (Wildman–Crippen MR) is 123 cm³/mol. The Bertz CT molecular complexity index is 1080. The van der Waals surface area contributed by atoms with Crippen LogP contribution in [0.15, 0.2) is 54.1 Å². The number of carbonyl (C=O) groups is 2. The van der Waals surface area contributed by atoms with Crippen LogP contribution in [0.3, 0.4) is 0 Å². The Morgan fingerprint density at radius 2 is 1.88 bits per heavy atom. The van der Waals surface area contributed by atoms with E-state index in [0.29, 0.717) is 30.0 Å². The summed E-state index contributed by atoms with van der Waals surface area (Å²) in [6, 6.07) is 11.5. The largest absolute Gasteiger partial charge is 0.507 e. The van der Waals surface area contributed by atoms with Crippen molar-refractivity contribution in [2.75, 3.05) is 33.8 Å². The Kier molecular flexibility index (Phi) is 7.44. The standard InChI is InChI=1S/C24H27N3O6/c1-4-14-33-19-7-5-6-17(15-19)22(28)20-21(16-8-10-18(11-9-16)27(31)32)26(13-12-25(2)3)24(30)23(20)29/h5-11,15,21,28H,4,12-14H2,1-3H3/b22-20+. The van der Waals surface area contributed by atoms with E-state index in [1.165, 1.54) is 29.2 Å². The molecule has 0 aliphatic carbocycles. The van der Waals surface area contributed by atoms with Crippen molar-refractivity contribution in [3.63, 3.8) is 0 Å². The van der Waals surface area contributed by atoms with E-state index in [2.05, 4.69) is 0 Å². The normalized spacial score (nSPS) is 17.6. The van der Waals surface area contributed by atoms with Crippen molar-refractivity contribution in [2.24, 2.45) is 0 Å². The van der Waals surface area contributed by atoms with Gasteiger partial charge in [0.25, 0.3) is 17.4 Å². The van der Waals surface area contributed by atoms with Crippen molar-refractivity contribution in [3.8, 4) is 5.75 Å². The lowest BCUT2D eigenvalue weighted by Gasteiger charge is -2.26. The number of amides is 1. The third kappa shape index (κ3) is 5.20. The summed E-state index contributed by atoms with van der Waals surface area (Å²) in [7, 11) is 3.69. The van der Waals surface area contributed by atoms with Crippen molar-refractivity contribution in [2.45, 2.75) is 19.4 Å². The first-order valence-electron chi connectivity index (χ1n) is 10.6. The summed E-state index contributed by atoms with van der Waals surface area (Å²) in [6.45, 7) is 3.22. The number of nitro groups is 1. The van der Waals surface area contributed by atoms with E-state index in [4.69, 9.17) is 4.74 Å². The summed E-state index contributed by atoms with van der Waals surface area (Å²) in [5.41, 5.74) is 0.685. The maximum absolute atomic E-state index is 13.0. The molecule has 2 aromatic rings. The minimum absolute atomic E-state index is 0.0553. The molecule has 0 spiro atoms. The highest BCUT2D eigenvalue weighted by Gasteiger charge is 2.46. The summed E-state index contributed by atoms with van der Waals surface area (Å²) >= 11 is 0. The van der Waals surface area contributed by atoms with E-state index in [1.54, 1.807) is 24.3 Å². The van der Waals surface area contributed by atoms with Gasteiger partial charge in [-0.3, -0.25) is 19.7 Å². The molecule has 174 valence electrons. The first-order chi connectivity index (χ1) is 15.7. The molecule has 0 radical (unpaired) electrons. The molecule has 1 heterocycles. The lowest BCUT2D eigenvalue weighted by Crippen LogP contribution is -2.35. The van der Waals surface area contributed by atoms with Gasteiger partial charge in [-0.2, -0.15) is 0 Å². The monoisotopic (exact) mass is 453 g/mol. The fourth-order valence-corrected chi connectivity index (χ4v) is 3.65. The number of nitro benzene ring substituents is 1. The number of rotatable bonds is 9. The van der Waals surface area contributed by atoms with E-state index < -0.39 is 22.7 Å². The van der Waals surface area contributed by atoms with E-state index in [-0.39, 0.29) is 23.6 Å². The molecule has 0 aromatic heterocycles. The number of likely N-dealkylation sites (tertiary alicyclic amines) is 1. The van der Waals surface area contributed by atoms with Crippen LogP contribution in [-0.2, 0) is 9.59 Å². The number of hydrogen-bond donors (Lipinski definition) is 1. The minimum atomic E-state index is -0.869. The highest BCUT2D eigenvalue weighted by molar-refractivity contribution is 6.46. The number of non-ortho nitro benzene ring substituents is 1. The van der Waals surface area contributed by atoms with Crippen molar-refractivity contribution in [1.82, 2.24) is 9.80 Å². The van der Waals surface area contributed by atoms with E-state index in [1.807, 2.05) is 25.9 Å². The molecule has 9 nitrogen and oxygen atoms in total. The molecule has 1 amide bonds. The van der Waals surface area contributed by atoms with Crippen molar-refractivity contribution in [3.05, 3.63) is 75.3 Å². The Labute approximate surface area is 192 Å². The van der Waals surface area contributed by atoms with Crippen LogP contribution in [0.1, 0.15) is 30.5 Å². The highest BCUT2D eigenvalue weighted by Crippen LogP contribution is 2.40. The molecule has 1 saturated heterocycles. The zero-order valence-corrected chi connectivity index (χ0v) is 18.9. The Morgan fingerprint density at radius 1 is 1.18 bits per heavy atom. The molecular weight excluding hydrogens is 426 g/mol. The lowest BCUT2D eigenvalue weighted by molar-refractivity contribution is -0.384. The van der Waals surface area contributed by atoms with Gasteiger partial charge in [-0.15, -0.1) is 0 Å². The molecule has 33 heavy (non-hydrogen) atoms. The van der Waals surface area contributed by atoms with Gasteiger partial charge in [0.2, 0.25) is 0 Å². The van der Waals surface area contributed by atoms with Crippen LogP contribution in [0.5, 0.6) is 5.75 Å². The van der Waals surface area contributed by atoms with Gasteiger partial charge in [0.15, 0.2) is 0 Å². The number of likely N-dealkylation sites (N-methyl/N-ethyl adjacent to an activating group) is 1. The van der Waals surface area contributed by atoms with Gasteiger partial charge in [-0.25, -0.2) is 0 Å².